The number of aryl methyl sites for hydroxylation is 1. The zero-order chi connectivity index (χ0) is 11.1. The van der Waals surface area contributed by atoms with E-state index >= 15 is 0 Å². The molecule has 1 N–H and O–H groups in total. The van der Waals surface area contributed by atoms with Gasteiger partial charge in [-0.2, -0.15) is 0 Å². The van der Waals surface area contributed by atoms with Gasteiger partial charge in [0, 0.05) is 18.7 Å². The molecule has 3 heterocycles. The van der Waals surface area contributed by atoms with Gasteiger partial charge in [-0.3, -0.25) is 0 Å². The maximum Gasteiger partial charge on any atom is 0.155 e. The van der Waals surface area contributed by atoms with E-state index in [1.54, 1.807) is 0 Å². The average molecular weight is 236 g/mol. The zero-order valence-corrected chi connectivity index (χ0v) is 9.96. The maximum atomic E-state index is 6.21. The molecule has 4 heteroatoms. The zero-order valence-electron chi connectivity index (χ0n) is 9.20. The Morgan fingerprint density at radius 1 is 1.56 bits per heavy atom. The van der Waals surface area contributed by atoms with E-state index in [2.05, 4.69) is 33.9 Å². The van der Waals surface area contributed by atoms with Crippen LogP contribution in [0.5, 0.6) is 0 Å². The van der Waals surface area contributed by atoms with Gasteiger partial charge >= 0.3 is 0 Å². The molecule has 2 aromatic heterocycles. The first-order valence-corrected chi connectivity index (χ1v) is 5.99. The fraction of sp³-hybridized carbons (Fsp3) is 0.417. The van der Waals surface area contributed by atoms with Gasteiger partial charge in [-0.15, -0.1) is 0 Å². The molecule has 16 heavy (non-hydrogen) atoms. The molecular weight excluding hydrogens is 222 g/mol. The number of aromatic nitrogens is 2. The lowest BCUT2D eigenvalue weighted by molar-refractivity contribution is 0.698. The van der Waals surface area contributed by atoms with Crippen molar-refractivity contribution in [1.82, 2.24) is 14.7 Å². The number of nitrogens with one attached hydrogen (secondary N) is 1. The van der Waals surface area contributed by atoms with Crippen LogP contribution in [0.4, 0.5) is 0 Å². The number of nitrogens with zero attached hydrogens (tertiary/aromatic N) is 2. The minimum absolute atomic E-state index is 0.488. The van der Waals surface area contributed by atoms with Crippen LogP contribution >= 0.6 is 11.6 Å². The highest BCUT2D eigenvalue weighted by Gasteiger charge is 2.22. The predicted molar refractivity (Wildman–Crippen MR) is 65.2 cm³/mol. The molecule has 1 fully saturated rings. The van der Waals surface area contributed by atoms with Crippen molar-refractivity contribution in [3.63, 3.8) is 0 Å². The first kappa shape index (κ1) is 10.1. The third-order valence-electron chi connectivity index (χ3n) is 3.28. The van der Waals surface area contributed by atoms with Crippen molar-refractivity contribution in [2.45, 2.75) is 19.3 Å². The molecule has 0 bridgehead atoms. The highest BCUT2D eigenvalue weighted by atomic mass is 35.5. The summed E-state index contributed by atoms with van der Waals surface area (Å²) in [5.41, 5.74) is 2.23. The normalized spacial score (nSPS) is 20.8. The molecule has 0 saturated carbocycles. The average Bonchev–Trinajstić information content (AvgIpc) is 2.86. The molecule has 0 spiro atoms. The first-order chi connectivity index (χ1) is 7.77. The van der Waals surface area contributed by atoms with Crippen LogP contribution in [0.2, 0.25) is 5.15 Å². The van der Waals surface area contributed by atoms with Gasteiger partial charge in [0.25, 0.3) is 0 Å². The van der Waals surface area contributed by atoms with Crippen LogP contribution in [0.3, 0.4) is 0 Å². The van der Waals surface area contributed by atoms with Crippen LogP contribution in [0.25, 0.3) is 5.52 Å². The summed E-state index contributed by atoms with van der Waals surface area (Å²) >= 11 is 6.21. The van der Waals surface area contributed by atoms with Gasteiger partial charge < -0.3 is 9.72 Å². The summed E-state index contributed by atoms with van der Waals surface area (Å²) in [7, 11) is 0. The number of hydrogen-bond donors (Lipinski definition) is 1. The Morgan fingerprint density at radius 3 is 3.19 bits per heavy atom. The van der Waals surface area contributed by atoms with Crippen LogP contribution in [0, 0.1) is 6.92 Å². The van der Waals surface area contributed by atoms with Crippen molar-refractivity contribution in [3.8, 4) is 0 Å². The van der Waals surface area contributed by atoms with E-state index in [0.29, 0.717) is 11.1 Å². The lowest BCUT2D eigenvalue weighted by Gasteiger charge is -2.07. The van der Waals surface area contributed by atoms with Gasteiger partial charge in [-0.05, 0) is 31.5 Å². The largest absolute Gasteiger partial charge is 0.316 e. The van der Waals surface area contributed by atoms with Crippen molar-refractivity contribution in [2.75, 3.05) is 13.1 Å². The second-order valence-electron chi connectivity index (χ2n) is 4.36. The summed E-state index contributed by atoms with van der Waals surface area (Å²) in [4.78, 5) is 4.52. The smallest absolute Gasteiger partial charge is 0.155 e. The van der Waals surface area contributed by atoms with Gasteiger partial charge in [-0.25, -0.2) is 4.98 Å². The Balaban J connectivity index is 2.22. The van der Waals surface area contributed by atoms with Crippen LogP contribution < -0.4 is 5.32 Å². The minimum Gasteiger partial charge on any atom is -0.316 e. The van der Waals surface area contributed by atoms with E-state index < -0.39 is 0 Å². The van der Waals surface area contributed by atoms with Crippen molar-refractivity contribution >= 4 is 17.1 Å². The van der Waals surface area contributed by atoms with Crippen LogP contribution in [-0.4, -0.2) is 22.5 Å². The SMILES string of the molecule is Cc1cccn2c(C3CCNC3)nc(Cl)c12. The van der Waals surface area contributed by atoms with E-state index in [-0.39, 0.29) is 0 Å². The van der Waals surface area contributed by atoms with Crippen molar-refractivity contribution in [3.05, 3.63) is 34.9 Å². The van der Waals surface area contributed by atoms with Crippen molar-refractivity contribution in [1.29, 1.82) is 0 Å². The molecule has 1 aliphatic rings. The van der Waals surface area contributed by atoms with Crippen LogP contribution in [-0.2, 0) is 0 Å². The number of imidazole rings is 1. The maximum absolute atomic E-state index is 6.21. The van der Waals surface area contributed by atoms with Crippen molar-refractivity contribution in [2.24, 2.45) is 0 Å². The number of pyridine rings is 1. The van der Waals surface area contributed by atoms with Gasteiger partial charge in [0.15, 0.2) is 5.15 Å². The lowest BCUT2D eigenvalue weighted by Crippen LogP contribution is -2.10. The van der Waals surface area contributed by atoms with Gasteiger partial charge in [0.1, 0.15) is 5.82 Å². The fourth-order valence-electron chi connectivity index (χ4n) is 2.44. The molecule has 3 nitrogen and oxygen atoms in total. The first-order valence-electron chi connectivity index (χ1n) is 5.61. The van der Waals surface area contributed by atoms with Gasteiger partial charge in [0.05, 0.1) is 5.52 Å². The Morgan fingerprint density at radius 2 is 2.44 bits per heavy atom. The fourth-order valence-corrected chi connectivity index (χ4v) is 2.77. The molecule has 1 unspecified atom stereocenters. The third kappa shape index (κ3) is 1.43. The number of rotatable bonds is 1. The van der Waals surface area contributed by atoms with E-state index in [0.717, 1.165) is 30.9 Å². The molecule has 2 aromatic rings. The van der Waals surface area contributed by atoms with Crippen LogP contribution in [0.15, 0.2) is 18.3 Å². The van der Waals surface area contributed by atoms with E-state index in [9.17, 15) is 0 Å². The monoisotopic (exact) mass is 235 g/mol. The Hall–Kier alpha value is -1.06. The van der Waals surface area contributed by atoms with Crippen LogP contribution in [0.1, 0.15) is 23.7 Å². The summed E-state index contributed by atoms with van der Waals surface area (Å²) in [6.07, 6.45) is 3.19. The number of halogens is 1. The summed E-state index contributed by atoms with van der Waals surface area (Å²) in [5.74, 6) is 1.58. The van der Waals surface area contributed by atoms with E-state index in [1.165, 1.54) is 5.56 Å². The lowest BCUT2D eigenvalue weighted by atomic mass is 10.1. The second-order valence-corrected chi connectivity index (χ2v) is 4.72. The molecule has 0 aromatic carbocycles. The number of hydrogen-bond acceptors (Lipinski definition) is 2. The van der Waals surface area contributed by atoms with Gasteiger partial charge in [0.2, 0.25) is 0 Å². The number of fused-ring (bicyclic) bond motifs is 1. The molecule has 1 saturated heterocycles. The highest BCUT2D eigenvalue weighted by molar-refractivity contribution is 6.32. The minimum atomic E-state index is 0.488. The Kier molecular flexibility index (Phi) is 2.37. The summed E-state index contributed by atoms with van der Waals surface area (Å²) < 4.78 is 2.13. The molecule has 1 aliphatic heterocycles. The van der Waals surface area contributed by atoms with E-state index in [1.807, 2.05) is 6.07 Å². The molecule has 1 atom stereocenters. The highest BCUT2D eigenvalue weighted by Crippen LogP contribution is 2.28. The molecular formula is C12H14ClN3. The topological polar surface area (TPSA) is 29.3 Å². The predicted octanol–water partition coefficient (Wildman–Crippen LogP) is 2.37. The molecule has 3 rings (SSSR count). The Bertz CT molecular complexity index is 526. The summed E-state index contributed by atoms with van der Waals surface area (Å²) in [6, 6.07) is 4.12. The third-order valence-corrected chi connectivity index (χ3v) is 3.54. The molecule has 84 valence electrons. The van der Waals surface area contributed by atoms with E-state index in [4.69, 9.17) is 11.6 Å². The summed E-state index contributed by atoms with van der Waals surface area (Å²) in [5, 5.41) is 3.99. The standard InChI is InChI=1S/C12H14ClN3/c1-8-3-2-6-16-10(8)11(13)15-12(16)9-4-5-14-7-9/h2-3,6,9,14H,4-5,7H2,1H3. The molecule has 0 aliphatic carbocycles. The van der Waals surface area contributed by atoms with Gasteiger partial charge in [-0.1, -0.05) is 17.7 Å². The second kappa shape index (κ2) is 3.75. The molecule has 0 radical (unpaired) electrons. The molecule has 0 amide bonds. The quantitative estimate of drug-likeness (QED) is 0.823. The summed E-state index contributed by atoms with van der Waals surface area (Å²) in [6.45, 7) is 4.14. The Labute approximate surface area is 99.4 Å². The van der Waals surface area contributed by atoms with Crippen molar-refractivity contribution < 1.29 is 0 Å².